The Balaban J connectivity index is 5.23. The Hall–Kier alpha value is -1.94. The highest BCUT2D eigenvalue weighted by atomic mass is 31.2. The second kappa shape index (κ2) is 57.5. The van der Waals surface area contributed by atoms with Gasteiger partial charge in [0.1, 0.15) is 19.3 Å². The first-order chi connectivity index (χ1) is 40.4. The standard InChI is InChI=1S/C65H126O17P2/c1-7-11-13-15-17-18-19-20-21-25-29-36-42-48-63(68)76-54-60(81-64(69)49-43-37-30-26-23-22-24-28-33-39-45-57(5)9-3)55-79-83(71,72)77-51-59(66)52-78-84(73,74)80-56-61(53-75-62(67)47-41-35-27-16-14-12-8-2)82-65(70)50-44-38-32-31-34-40-46-58(6)10-4/h57-61,66H,7-56H2,1-6H3,(H,71,72)(H,73,74)/t57?,58?,59-,60-,61-/m1/s1. The molecule has 0 saturated heterocycles. The van der Waals surface area contributed by atoms with Crippen molar-refractivity contribution in [3.05, 3.63) is 0 Å². The van der Waals surface area contributed by atoms with Crippen LogP contribution in [0.4, 0.5) is 0 Å². The maximum atomic E-state index is 13.0. The molecule has 0 aromatic heterocycles. The van der Waals surface area contributed by atoms with E-state index < -0.39 is 97.5 Å². The van der Waals surface area contributed by atoms with E-state index in [9.17, 15) is 43.2 Å². The maximum Gasteiger partial charge on any atom is 0.472 e. The highest BCUT2D eigenvalue weighted by Crippen LogP contribution is 2.45. The number of hydrogen-bond acceptors (Lipinski definition) is 15. The summed E-state index contributed by atoms with van der Waals surface area (Å²) in [5.74, 6) is -0.614. The van der Waals surface area contributed by atoms with Gasteiger partial charge >= 0.3 is 39.5 Å². The second-order valence-corrected chi connectivity index (χ2v) is 26.9. The Bertz CT molecular complexity index is 1650. The number of ether oxygens (including phenoxy) is 4. The smallest absolute Gasteiger partial charge is 0.462 e. The van der Waals surface area contributed by atoms with Crippen LogP contribution in [-0.2, 0) is 65.4 Å². The van der Waals surface area contributed by atoms with Crippen molar-refractivity contribution in [3.8, 4) is 0 Å². The minimum Gasteiger partial charge on any atom is -0.462 e. The van der Waals surface area contributed by atoms with Crippen LogP contribution in [0, 0.1) is 11.8 Å². The van der Waals surface area contributed by atoms with Gasteiger partial charge in [0.15, 0.2) is 12.2 Å². The van der Waals surface area contributed by atoms with Crippen LogP contribution in [0.5, 0.6) is 0 Å². The van der Waals surface area contributed by atoms with Crippen molar-refractivity contribution in [3.63, 3.8) is 0 Å². The molecule has 0 rings (SSSR count). The van der Waals surface area contributed by atoms with Gasteiger partial charge in [0.25, 0.3) is 0 Å². The van der Waals surface area contributed by atoms with Crippen molar-refractivity contribution >= 4 is 39.5 Å². The molecule has 3 N–H and O–H groups in total. The summed E-state index contributed by atoms with van der Waals surface area (Å²) in [5.41, 5.74) is 0. The van der Waals surface area contributed by atoms with E-state index in [2.05, 4.69) is 41.5 Å². The minimum atomic E-state index is -4.95. The SMILES string of the molecule is CCCCCCCCCCCCCCCC(=O)OC[C@H](COP(=O)(O)OC[C@@H](O)COP(=O)(O)OC[C@@H](COC(=O)CCCCCCCCC)OC(=O)CCCCCCCCC(C)CC)OC(=O)CCCCCCCCCCCCC(C)CC. The van der Waals surface area contributed by atoms with E-state index in [-0.39, 0.29) is 25.7 Å². The molecule has 19 heteroatoms. The molecule has 84 heavy (non-hydrogen) atoms. The first-order valence-electron chi connectivity index (χ1n) is 34.1. The van der Waals surface area contributed by atoms with Crippen molar-refractivity contribution in [1.29, 1.82) is 0 Å². The lowest BCUT2D eigenvalue weighted by atomic mass is 9.99. The average Bonchev–Trinajstić information content (AvgIpc) is 3.60. The van der Waals surface area contributed by atoms with Gasteiger partial charge in [-0.1, -0.05) is 273 Å². The van der Waals surface area contributed by atoms with E-state index in [1.54, 1.807) is 0 Å². The van der Waals surface area contributed by atoms with Gasteiger partial charge in [-0.2, -0.15) is 0 Å². The van der Waals surface area contributed by atoms with Gasteiger partial charge in [-0.15, -0.1) is 0 Å². The minimum absolute atomic E-state index is 0.102. The number of esters is 4. The fourth-order valence-corrected chi connectivity index (χ4v) is 11.2. The summed E-state index contributed by atoms with van der Waals surface area (Å²) in [6.07, 6.45) is 40.3. The van der Waals surface area contributed by atoms with Crippen molar-refractivity contribution in [2.75, 3.05) is 39.6 Å². The van der Waals surface area contributed by atoms with Gasteiger partial charge in [0.2, 0.25) is 0 Å². The number of hydrogen-bond donors (Lipinski definition) is 3. The largest absolute Gasteiger partial charge is 0.472 e. The predicted molar refractivity (Wildman–Crippen MR) is 335 cm³/mol. The average molecular weight is 1240 g/mol. The summed E-state index contributed by atoms with van der Waals surface area (Å²) in [5, 5.41) is 10.5. The molecule has 0 radical (unpaired) electrons. The maximum absolute atomic E-state index is 13.0. The Kier molecular flexibility index (Phi) is 56.2. The molecule has 498 valence electrons. The lowest BCUT2D eigenvalue weighted by molar-refractivity contribution is -0.161. The molecule has 17 nitrogen and oxygen atoms in total. The number of aliphatic hydroxyl groups is 1. The van der Waals surface area contributed by atoms with Crippen LogP contribution in [0.15, 0.2) is 0 Å². The molecule has 7 atom stereocenters. The molecule has 0 fully saturated rings. The fraction of sp³-hybridized carbons (Fsp3) is 0.938. The Morgan fingerprint density at radius 2 is 0.571 bits per heavy atom. The second-order valence-electron chi connectivity index (χ2n) is 24.0. The summed E-state index contributed by atoms with van der Waals surface area (Å²) < 4.78 is 68.0. The highest BCUT2D eigenvalue weighted by Gasteiger charge is 2.30. The fourth-order valence-electron chi connectivity index (χ4n) is 9.64. The van der Waals surface area contributed by atoms with Crippen LogP contribution in [-0.4, -0.2) is 96.7 Å². The monoisotopic (exact) mass is 1240 g/mol. The van der Waals surface area contributed by atoms with Gasteiger partial charge in [-0.3, -0.25) is 37.3 Å². The molecule has 4 unspecified atom stereocenters. The first-order valence-corrected chi connectivity index (χ1v) is 37.1. The van der Waals surface area contributed by atoms with Gasteiger partial charge in [-0.05, 0) is 37.5 Å². The molecular formula is C65H126O17P2. The molecule has 0 aromatic carbocycles. The van der Waals surface area contributed by atoms with Crippen molar-refractivity contribution in [1.82, 2.24) is 0 Å². The molecule has 0 aliphatic carbocycles. The molecule has 0 bridgehead atoms. The zero-order valence-corrected chi connectivity index (χ0v) is 56.0. The Labute approximate surface area is 511 Å². The van der Waals surface area contributed by atoms with Crippen LogP contribution in [0.3, 0.4) is 0 Å². The molecule has 0 saturated carbocycles. The zero-order valence-electron chi connectivity index (χ0n) is 54.2. The third-order valence-electron chi connectivity index (χ3n) is 15.7. The van der Waals surface area contributed by atoms with Crippen molar-refractivity contribution in [2.45, 2.75) is 342 Å². The summed E-state index contributed by atoms with van der Waals surface area (Å²) >= 11 is 0. The number of phosphoric ester groups is 2. The summed E-state index contributed by atoms with van der Waals surface area (Å²) in [6, 6.07) is 0. The third-order valence-corrected chi connectivity index (χ3v) is 17.6. The molecular weight excluding hydrogens is 1110 g/mol. The van der Waals surface area contributed by atoms with Crippen LogP contribution in [0.25, 0.3) is 0 Å². The third kappa shape index (κ3) is 56.6. The number of phosphoric acid groups is 2. The van der Waals surface area contributed by atoms with E-state index >= 15 is 0 Å². The van der Waals surface area contributed by atoms with E-state index in [0.29, 0.717) is 25.7 Å². The van der Waals surface area contributed by atoms with Gasteiger partial charge < -0.3 is 33.8 Å². The number of aliphatic hydroxyl groups excluding tert-OH is 1. The topological polar surface area (TPSA) is 237 Å². The van der Waals surface area contributed by atoms with E-state index in [0.717, 1.165) is 115 Å². The van der Waals surface area contributed by atoms with Crippen molar-refractivity contribution in [2.24, 2.45) is 11.8 Å². The zero-order chi connectivity index (χ0) is 62.2. The van der Waals surface area contributed by atoms with Crippen LogP contribution in [0.1, 0.15) is 324 Å². The number of unbranched alkanes of at least 4 members (excludes halogenated alkanes) is 32. The Morgan fingerprint density at radius 1 is 0.333 bits per heavy atom. The van der Waals surface area contributed by atoms with E-state index in [1.807, 2.05) is 0 Å². The quantitative estimate of drug-likeness (QED) is 0.0222. The lowest BCUT2D eigenvalue weighted by Crippen LogP contribution is -2.30. The van der Waals surface area contributed by atoms with Crippen LogP contribution < -0.4 is 0 Å². The molecule has 0 aliphatic rings. The van der Waals surface area contributed by atoms with E-state index in [4.69, 9.17) is 37.0 Å². The summed E-state index contributed by atoms with van der Waals surface area (Å²) in [6.45, 7) is 9.44. The number of carbonyl (C=O) groups is 4. The van der Waals surface area contributed by atoms with Crippen molar-refractivity contribution < 1.29 is 80.2 Å². The first kappa shape index (κ1) is 82.1. The molecule has 0 heterocycles. The molecule has 0 aliphatic heterocycles. The number of rotatable bonds is 64. The Morgan fingerprint density at radius 3 is 0.845 bits per heavy atom. The van der Waals surface area contributed by atoms with Crippen LogP contribution >= 0.6 is 15.6 Å². The lowest BCUT2D eigenvalue weighted by Gasteiger charge is -2.21. The van der Waals surface area contributed by atoms with Crippen LogP contribution in [0.2, 0.25) is 0 Å². The highest BCUT2D eigenvalue weighted by molar-refractivity contribution is 7.47. The van der Waals surface area contributed by atoms with E-state index in [1.165, 1.54) is 128 Å². The van der Waals surface area contributed by atoms with Gasteiger partial charge in [0.05, 0.1) is 26.4 Å². The summed E-state index contributed by atoms with van der Waals surface area (Å²) in [7, 11) is -9.89. The molecule has 0 spiro atoms. The van der Waals surface area contributed by atoms with Gasteiger partial charge in [0, 0.05) is 25.7 Å². The molecule has 0 aromatic rings. The number of carbonyl (C=O) groups excluding carboxylic acids is 4. The predicted octanol–water partition coefficient (Wildman–Crippen LogP) is 18.0. The summed E-state index contributed by atoms with van der Waals surface area (Å²) in [4.78, 5) is 72.2. The van der Waals surface area contributed by atoms with Gasteiger partial charge in [-0.25, -0.2) is 9.13 Å². The normalized spacial score (nSPS) is 14.9. The molecule has 0 amide bonds.